The van der Waals surface area contributed by atoms with Crippen molar-refractivity contribution in [2.24, 2.45) is 0 Å². The first kappa shape index (κ1) is 18.5. The molecule has 0 saturated heterocycles. The van der Waals surface area contributed by atoms with Gasteiger partial charge in [-0.3, -0.25) is 4.68 Å². The van der Waals surface area contributed by atoms with E-state index in [4.69, 9.17) is 14.0 Å². The van der Waals surface area contributed by atoms with Crippen molar-refractivity contribution in [2.45, 2.75) is 26.2 Å². The Kier molecular flexibility index (Phi) is 4.76. The third-order valence-corrected chi connectivity index (χ3v) is 4.93. The molecule has 1 atom stereocenters. The summed E-state index contributed by atoms with van der Waals surface area (Å²) in [6.45, 7) is 3.60. The average Bonchev–Trinajstić information content (AvgIpc) is 3.41. The molecule has 0 saturated carbocycles. The zero-order chi connectivity index (χ0) is 20.5. The van der Waals surface area contributed by atoms with Gasteiger partial charge in [0, 0.05) is 5.56 Å². The van der Waals surface area contributed by atoms with Gasteiger partial charge in [0.25, 0.3) is 5.89 Å². The van der Waals surface area contributed by atoms with Crippen LogP contribution in [-0.2, 0) is 17.9 Å². The maximum absolute atomic E-state index is 13.5. The van der Waals surface area contributed by atoms with E-state index in [0.29, 0.717) is 36.8 Å². The molecular weight excluding hydrogens is 387 g/mol. The van der Waals surface area contributed by atoms with Crippen LogP contribution in [0.25, 0.3) is 23.0 Å². The molecule has 0 unspecified atom stereocenters. The smallest absolute Gasteiger partial charge is 0.278 e. The molecule has 0 radical (unpaired) electrons. The topological polar surface area (TPSA) is 75.2 Å². The molecule has 30 heavy (non-hydrogen) atoms. The molecule has 152 valence electrons. The molecule has 1 aliphatic rings. The van der Waals surface area contributed by atoms with Crippen LogP contribution in [0, 0.1) is 5.82 Å². The van der Waals surface area contributed by atoms with E-state index >= 15 is 0 Å². The van der Waals surface area contributed by atoms with E-state index < -0.39 is 0 Å². The molecule has 0 bridgehead atoms. The highest BCUT2D eigenvalue weighted by molar-refractivity contribution is 5.58. The second kappa shape index (κ2) is 7.72. The summed E-state index contributed by atoms with van der Waals surface area (Å²) in [6.07, 6.45) is -0.105. The maximum atomic E-state index is 13.5. The van der Waals surface area contributed by atoms with E-state index in [1.807, 2.05) is 41.9 Å². The lowest BCUT2D eigenvalue weighted by molar-refractivity contribution is -0.00115. The number of hydrogen-bond acceptors (Lipinski definition) is 6. The Labute approximate surface area is 172 Å². The molecule has 2 aromatic heterocycles. The van der Waals surface area contributed by atoms with Crippen LogP contribution in [0.1, 0.15) is 24.3 Å². The van der Waals surface area contributed by atoms with E-state index in [9.17, 15) is 4.39 Å². The summed E-state index contributed by atoms with van der Waals surface area (Å²) in [5, 5.41) is 8.56. The summed E-state index contributed by atoms with van der Waals surface area (Å²) in [7, 11) is 0. The van der Waals surface area contributed by atoms with Gasteiger partial charge in [-0.2, -0.15) is 10.1 Å². The number of ether oxygens (including phenoxy) is 2. The highest BCUT2D eigenvalue weighted by Gasteiger charge is 2.24. The largest absolute Gasteiger partial charge is 0.494 e. The summed E-state index contributed by atoms with van der Waals surface area (Å²) in [5.74, 6) is 1.09. The Morgan fingerprint density at radius 3 is 2.83 bits per heavy atom. The van der Waals surface area contributed by atoms with Crippen molar-refractivity contribution in [3.05, 3.63) is 71.7 Å². The number of nitrogens with zero attached hydrogens (tertiary/aromatic N) is 4. The minimum absolute atomic E-state index is 0.105. The molecule has 0 spiro atoms. The van der Waals surface area contributed by atoms with Crippen molar-refractivity contribution >= 4 is 0 Å². The number of rotatable bonds is 5. The van der Waals surface area contributed by atoms with Crippen molar-refractivity contribution in [1.82, 2.24) is 19.9 Å². The fourth-order valence-corrected chi connectivity index (χ4v) is 3.45. The fourth-order valence-electron chi connectivity index (χ4n) is 3.45. The molecule has 3 heterocycles. The van der Waals surface area contributed by atoms with E-state index in [1.54, 1.807) is 12.1 Å². The number of fused-ring (bicyclic) bond motifs is 1. The Bertz CT molecular complexity index is 1170. The SMILES string of the molecule is CCOc1ccc([C@@H]2Cn3nc(-c4nc(-c5cccc(F)c5)no4)cc3CO2)cc1. The number of halogens is 1. The lowest BCUT2D eigenvalue weighted by Crippen LogP contribution is -2.21. The van der Waals surface area contributed by atoms with E-state index in [1.165, 1.54) is 12.1 Å². The van der Waals surface area contributed by atoms with Gasteiger partial charge in [0.2, 0.25) is 5.82 Å². The molecule has 0 amide bonds. The monoisotopic (exact) mass is 406 g/mol. The summed E-state index contributed by atoms with van der Waals surface area (Å²) in [6, 6.07) is 15.8. The zero-order valence-electron chi connectivity index (χ0n) is 16.3. The summed E-state index contributed by atoms with van der Waals surface area (Å²) < 4.78 is 32.2. The highest BCUT2D eigenvalue weighted by Crippen LogP contribution is 2.30. The quantitative estimate of drug-likeness (QED) is 0.489. The lowest BCUT2D eigenvalue weighted by Gasteiger charge is -2.24. The minimum Gasteiger partial charge on any atom is -0.494 e. The van der Waals surface area contributed by atoms with Crippen LogP contribution < -0.4 is 4.74 Å². The number of hydrogen-bond donors (Lipinski definition) is 0. The molecule has 5 rings (SSSR count). The zero-order valence-corrected chi connectivity index (χ0v) is 16.3. The van der Waals surface area contributed by atoms with Gasteiger partial charge in [-0.1, -0.05) is 29.4 Å². The summed E-state index contributed by atoms with van der Waals surface area (Å²) in [4.78, 5) is 4.36. The molecular formula is C22H19FN4O3. The van der Waals surface area contributed by atoms with Crippen molar-refractivity contribution in [3.63, 3.8) is 0 Å². The second-order valence-electron chi connectivity index (χ2n) is 6.94. The fraction of sp³-hybridized carbons (Fsp3) is 0.227. The van der Waals surface area contributed by atoms with Gasteiger partial charge < -0.3 is 14.0 Å². The van der Waals surface area contributed by atoms with Crippen molar-refractivity contribution in [3.8, 4) is 28.7 Å². The second-order valence-corrected chi connectivity index (χ2v) is 6.94. The molecule has 0 fully saturated rings. The van der Waals surface area contributed by atoms with E-state index in [2.05, 4.69) is 15.2 Å². The Balaban J connectivity index is 1.35. The molecule has 7 nitrogen and oxygen atoms in total. The standard InChI is InChI=1S/C22H19FN4O3/c1-2-28-18-8-6-14(7-9-18)20-12-27-17(13-29-20)11-19(25-27)22-24-21(26-30-22)15-4-3-5-16(23)10-15/h3-11,20H,2,12-13H2,1H3/t20-/m0/s1. The predicted molar refractivity (Wildman–Crippen MR) is 106 cm³/mol. The van der Waals surface area contributed by atoms with Crippen LogP contribution in [0.4, 0.5) is 4.39 Å². The Morgan fingerprint density at radius 1 is 1.17 bits per heavy atom. The lowest BCUT2D eigenvalue weighted by atomic mass is 10.1. The molecule has 4 aromatic rings. The van der Waals surface area contributed by atoms with Crippen molar-refractivity contribution < 1.29 is 18.4 Å². The minimum atomic E-state index is -0.353. The van der Waals surface area contributed by atoms with Crippen LogP contribution in [-0.4, -0.2) is 26.5 Å². The Hall–Kier alpha value is -3.52. The van der Waals surface area contributed by atoms with Crippen molar-refractivity contribution in [1.29, 1.82) is 0 Å². The van der Waals surface area contributed by atoms with E-state index in [0.717, 1.165) is 17.0 Å². The van der Waals surface area contributed by atoms with Crippen LogP contribution >= 0.6 is 0 Å². The first-order chi connectivity index (χ1) is 14.7. The van der Waals surface area contributed by atoms with E-state index in [-0.39, 0.29) is 17.8 Å². The van der Waals surface area contributed by atoms with Gasteiger partial charge >= 0.3 is 0 Å². The highest BCUT2D eigenvalue weighted by atomic mass is 19.1. The average molecular weight is 406 g/mol. The first-order valence-electron chi connectivity index (χ1n) is 9.70. The van der Waals surface area contributed by atoms with Gasteiger partial charge in [-0.05, 0) is 42.8 Å². The van der Waals surface area contributed by atoms with Gasteiger partial charge in [-0.15, -0.1) is 0 Å². The molecule has 0 N–H and O–H groups in total. The van der Waals surface area contributed by atoms with Crippen LogP contribution in [0.5, 0.6) is 5.75 Å². The van der Waals surface area contributed by atoms with Gasteiger partial charge in [0.1, 0.15) is 17.7 Å². The number of benzene rings is 2. The molecule has 1 aliphatic heterocycles. The van der Waals surface area contributed by atoms with Gasteiger partial charge in [0.05, 0.1) is 25.5 Å². The van der Waals surface area contributed by atoms with Crippen LogP contribution in [0.3, 0.4) is 0 Å². The number of aromatic nitrogens is 4. The first-order valence-corrected chi connectivity index (χ1v) is 9.70. The van der Waals surface area contributed by atoms with Crippen LogP contribution in [0.2, 0.25) is 0 Å². The summed E-state index contributed by atoms with van der Waals surface area (Å²) in [5.41, 5.74) is 3.11. The van der Waals surface area contributed by atoms with Crippen molar-refractivity contribution in [2.75, 3.05) is 6.61 Å². The predicted octanol–water partition coefficient (Wildman–Crippen LogP) is 4.41. The third kappa shape index (κ3) is 3.57. The molecule has 8 heteroatoms. The van der Waals surface area contributed by atoms with Gasteiger partial charge in [0.15, 0.2) is 5.69 Å². The van der Waals surface area contributed by atoms with Crippen LogP contribution in [0.15, 0.2) is 59.1 Å². The normalized spacial score (nSPS) is 15.7. The molecule has 0 aliphatic carbocycles. The Morgan fingerprint density at radius 2 is 2.03 bits per heavy atom. The third-order valence-electron chi connectivity index (χ3n) is 4.93. The summed E-state index contributed by atoms with van der Waals surface area (Å²) >= 11 is 0. The molecule has 2 aromatic carbocycles. The maximum Gasteiger partial charge on any atom is 0.278 e. The van der Waals surface area contributed by atoms with Gasteiger partial charge in [-0.25, -0.2) is 4.39 Å².